The van der Waals surface area contributed by atoms with Crippen molar-refractivity contribution in [3.63, 3.8) is 0 Å². The Kier molecular flexibility index (Phi) is 5.29. The van der Waals surface area contributed by atoms with E-state index in [2.05, 4.69) is 46.4 Å². The molecular weight excluding hydrogens is 240 g/mol. The van der Waals surface area contributed by atoms with Crippen molar-refractivity contribution in [1.29, 1.82) is 0 Å². The van der Waals surface area contributed by atoms with E-state index in [0.29, 0.717) is 0 Å². The van der Waals surface area contributed by atoms with Gasteiger partial charge in [-0.15, -0.1) is 0 Å². The van der Waals surface area contributed by atoms with Crippen molar-refractivity contribution in [3.05, 3.63) is 35.5 Å². The molecule has 2 aliphatic rings. The highest BCUT2D eigenvalue weighted by Crippen LogP contribution is 2.47. The molecule has 0 aromatic rings. The second-order valence-electron chi connectivity index (χ2n) is 7.44. The fourth-order valence-corrected chi connectivity index (χ4v) is 4.18. The first-order chi connectivity index (χ1) is 9.49. The summed E-state index contributed by atoms with van der Waals surface area (Å²) < 4.78 is 0. The van der Waals surface area contributed by atoms with Crippen LogP contribution in [0.4, 0.5) is 0 Å². The lowest BCUT2D eigenvalue weighted by Crippen LogP contribution is -2.31. The number of hydrogen-bond acceptors (Lipinski definition) is 0. The van der Waals surface area contributed by atoms with Gasteiger partial charge in [-0.2, -0.15) is 0 Å². The second-order valence-corrected chi connectivity index (χ2v) is 7.44. The molecule has 0 saturated heterocycles. The van der Waals surface area contributed by atoms with Crippen LogP contribution in [0.1, 0.15) is 66.2 Å². The fourth-order valence-electron chi connectivity index (χ4n) is 4.18. The molecule has 0 spiro atoms. The van der Waals surface area contributed by atoms with Crippen LogP contribution in [0.2, 0.25) is 0 Å². The molecule has 112 valence electrons. The van der Waals surface area contributed by atoms with Crippen molar-refractivity contribution in [2.75, 3.05) is 0 Å². The van der Waals surface area contributed by atoms with Crippen LogP contribution in [0.3, 0.4) is 0 Å². The zero-order chi connectivity index (χ0) is 14.7. The maximum atomic E-state index is 4.22. The summed E-state index contributed by atoms with van der Waals surface area (Å²) in [6.45, 7) is 13.6. The van der Waals surface area contributed by atoms with Crippen LogP contribution in [0.15, 0.2) is 35.5 Å². The number of rotatable bonds is 4. The maximum Gasteiger partial charge on any atom is -0.0168 e. The summed E-state index contributed by atoms with van der Waals surface area (Å²) in [6, 6.07) is 0. The molecule has 4 atom stereocenters. The Hall–Kier alpha value is -0.780. The first-order valence-electron chi connectivity index (χ1n) is 8.51. The van der Waals surface area contributed by atoms with Gasteiger partial charge in [0, 0.05) is 0 Å². The third-order valence-corrected chi connectivity index (χ3v) is 5.48. The van der Waals surface area contributed by atoms with Gasteiger partial charge in [-0.05, 0) is 76.0 Å². The smallest absolute Gasteiger partial charge is 0.0168 e. The number of hydrogen-bond donors (Lipinski definition) is 0. The quantitative estimate of drug-likeness (QED) is 0.526. The first-order valence-corrected chi connectivity index (χ1v) is 8.51. The summed E-state index contributed by atoms with van der Waals surface area (Å²) in [5, 5.41) is 0. The Morgan fingerprint density at radius 1 is 1.35 bits per heavy atom. The highest BCUT2D eigenvalue weighted by atomic mass is 14.4. The van der Waals surface area contributed by atoms with Gasteiger partial charge < -0.3 is 0 Å². The van der Waals surface area contributed by atoms with Crippen molar-refractivity contribution < 1.29 is 0 Å². The molecule has 0 nitrogen and oxygen atoms in total. The van der Waals surface area contributed by atoms with Crippen LogP contribution < -0.4 is 0 Å². The normalized spacial score (nSPS) is 31.3. The Morgan fingerprint density at radius 2 is 2.10 bits per heavy atom. The fraction of sp³-hybridized carbons (Fsp3) is 0.700. The van der Waals surface area contributed by atoms with E-state index in [1.807, 2.05) is 0 Å². The van der Waals surface area contributed by atoms with Crippen molar-refractivity contribution in [1.82, 2.24) is 0 Å². The Bertz CT molecular complexity index is 406. The average Bonchev–Trinajstić information content (AvgIpc) is 2.38. The summed E-state index contributed by atoms with van der Waals surface area (Å²) in [7, 11) is 0. The van der Waals surface area contributed by atoms with Crippen LogP contribution in [0, 0.1) is 23.7 Å². The largest absolute Gasteiger partial charge is 0.0958 e. The summed E-state index contributed by atoms with van der Waals surface area (Å²) in [4.78, 5) is 0. The van der Waals surface area contributed by atoms with Crippen LogP contribution >= 0.6 is 0 Å². The van der Waals surface area contributed by atoms with E-state index in [1.165, 1.54) is 49.7 Å². The molecule has 2 aliphatic carbocycles. The van der Waals surface area contributed by atoms with E-state index in [0.717, 1.165) is 23.7 Å². The summed E-state index contributed by atoms with van der Waals surface area (Å²) >= 11 is 0. The Labute approximate surface area is 126 Å². The zero-order valence-corrected chi connectivity index (χ0v) is 13.9. The molecule has 0 aromatic heterocycles. The van der Waals surface area contributed by atoms with Gasteiger partial charge in [-0.1, -0.05) is 49.3 Å². The first kappa shape index (κ1) is 15.6. The SMILES string of the molecule is C=C1C=C2C(CC1)[C@@H](C)CC[C@@H]2[C@@H](C)CCC=C(C)C. The molecule has 1 saturated carbocycles. The van der Waals surface area contributed by atoms with Crippen molar-refractivity contribution in [3.8, 4) is 0 Å². The van der Waals surface area contributed by atoms with Gasteiger partial charge in [-0.25, -0.2) is 0 Å². The lowest BCUT2D eigenvalue weighted by atomic mass is 9.63. The Balaban J connectivity index is 2.06. The monoisotopic (exact) mass is 272 g/mol. The van der Waals surface area contributed by atoms with E-state index in [9.17, 15) is 0 Å². The maximum absolute atomic E-state index is 4.22. The number of allylic oxidation sites excluding steroid dienone is 5. The third kappa shape index (κ3) is 3.65. The van der Waals surface area contributed by atoms with E-state index in [4.69, 9.17) is 0 Å². The van der Waals surface area contributed by atoms with E-state index in [1.54, 1.807) is 5.57 Å². The highest BCUT2D eigenvalue weighted by Gasteiger charge is 2.36. The van der Waals surface area contributed by atoms with Crippen LogP contribution in [-0.2, 0) is 0 Å². The molecule has 0 N–H and O–H groups in total. The van der Waals surface area contributed by atoms with Gasteiger partial charge in [0.25, 0.3) is 0 Å². The van der Waals surface area contributed by atoms with Crippen molar-refractivity contribution >= 4 is 0 Å². The predicted molar refractivity (Wildman–Crippen MR) is 89.7 cm³/mol. The minimum Gasteiger partial charge on any atom is -0.0958 e. The summed E-state index contributed by atoms with van der Waals surface area (Å²) in [5.41, 5.74) is 4.58. The topological polar surface area (TPSA) is 0 Å². The standard InChI is InChI=1S/C20H32/c1-14(2)7-6-8-16(4)19-12-10-17(5)18-11-9-15(3)13-20(18)19/h7,13,16-19H,3,6,8-12H2,1-2,4-5H3/t16-,17-,18?,19+/m0/s1. The molecule has 0 amide bonds. The van der Waals surface area contributed by atoms with E-state index in [-0.39, 0.29) is 0 Å². The van der Waals surface area contributed by atoms with Crippen molar-refractivity contribution in [2.24, 2.45) is 23.7 Å². The number of fused-ring (bicyclic) bond motifs is 1. The molecule has 0 heteroatoms. The molecule has 20 heavy (non-hydrogen) atoms. The van der Waals surface area contributed by atoms with Gasteiger partial charge >= 0.3 is 0 Å². The molecule has 0 aliphatic heterocycles. The van der Waals surface area contributed by atoms with Gasteiger partial charge in [0.2, 0.25) is 0 Å². The lowest BCUT2D eigenvalue weighted by molar-refractivity contribution is 0.212. The van der Waals surface area contributed by atoms with E-state index < -0.39 is 0 Å². The summed E-state index contributed by atoms with van der Waals surface area (Å²) in [5.74, 6) is 3.37. The molecule has 2 rings (SSSR count). The second kappa shape index (κ2) is 6.78. The van der Waals surface area contributed by atoms with Crippen LogP contribution in [0.5, 0.6) is 0 Å². The predicted octanol–water partition coefficient (Wildman–Crippen LogP) is 6.31. The Morgan fingerprint density at radius 3 is 2.80 bits per heavy atom. The highest BCUT2D eigenvalue weighted by molar-refractivity contribution is 5.30. The molecule has 1 unspecified atom stereocenters. The molecule has 0 radical (unpaired) electrons. The average molecular weight is 272 g/mol. The van der Waals surface area contributed by atoms with Crippen LogP contribution in [-0.4, -0.2) is 0 Å². The minimum atomic E-state index is 0.817. The minimum absolute atomic E-state index is 0.817. The van der Waals surface area contributed by atoms with Gasteiger partial charge in [-0.3, -0.25) is 0 Å². The molecular formula is C20H32. The van der Waals surface area contributed by atoms with E-state index >= 15 is 0 Å². The van der Waals surface area contributed by atoms with Gasteiger partial charge in [0.1, 0.15) is 0 Å². The molecule has 1 fully saturated rings. The molecule has 0 heterocycles. The van der Waals surface area contributed by atoms with Gasteiger partial charge in [0.15, 0.2) is 0 Å². The molecule has 0 bridgehead atoms. The van der Waals surface area contributed by atoms with Crippen LogP contribution in [0.25, 0.3) is 0 Å². The van der Waals surface area contributed by atoms with Crippen molar-refractivity contribution in [2.45, 2.75) is 66.2 Å². The van der Waals surface area contributed by atoms with Gasteiger partial charge in [0.05, 0.1) is 0 Å². The lowest BCUT2D eigenvalue weighted by Gasteiger charge is -2.42. The third-order valence-electron chi connectivity index (χ3n) is 5.48. The summed E-state index contributed by atoms with van der Waals surface area (Å²) in [6.07, 6.45) is 12.8. The molecule has 0 aromatic carbocycles. The zero-order valence-electron chi connectivity index (χ0n) is 13.9.